The zero-order valence-corrected chi connectivity index (χ0v) is 14.8. The number of para-hydroxylation sites is 1. The predicted octanol–water partition coefficient (Wildman–Crippen LogP) is 1.86. The second kappa shape index (κ2) is 7.35. The summed E-state index contributed by atoms with van der Waals surface area (Å²) in [5, 5.41) is 10.2. The van der Waals surface area contributed by atoms with E-state index in [1.54, 1.807) is 13.0 Å². The summed E-state index contributed by atoms with van der Waals surface area (Å²) in [6, 6.07) is 5.66. The van der Waals surface area contributed by atoms with Crippen LogP contribution in [0.4, 0.5) is 0 Å². The Kier molecular flexibility index (Phi) is 5.18. The number of aryl methyl sites for hydroxylation is 2. The molecule has 1 fully saturated rings. The summed E-state index contributed by atoms with van der Waals surface area (Å²) in [5.74, 6) is 0.0411. The monoisotopic (exact) mass is 343 g/mol. The molecule has 1 aromatic heterocycles. The molecule has 0 spiro atoms. The van der Waals surface area contributed by atoms with Gasteiger partial charge < -0.3 is 10.0 Å². The largest absolute Gasteiger partial charge is 0.393 e. The molecule has 2 unspecified atom stereocenters. The first-order chi connectivity index (χ1) is 12.0. The number of nitrogens with zero attached hydrogens (tertiary/aromatic N) is 3. The van der Waals surface area contributed by atoms with Crippen LogP contribution in [0.1, 0.15) is 38.2 Å². The van der Waals surface area contributed by atoms with Crippen molar-refractivity contribution in [1.29, 1.82) is 0 Å². The fourth-order valence-corrected chi connectivity index (χ4v) is 3.66. The maximum absolute atomic E-state index is 12.6. The number of hydrogen-bond donors (Lipinski definition) is 1. The molecular formula is C19H25N3O3. The number of amides is 1. The van der Waals surface area contributed by atoms with E-state index in [4.69, 9.17) is 0 Å². The number of aliphatic hydroxyl groups is 1. The van der Waals surface area contributed by atoms with Crippen molar-refractivity contribution in [2.75, 3.05) is 6.54 Å². The highest BCUT2D eigenvalue weighted by molar-refractivity contribution is 5.80. The molecule has 3 rings (SSSR count). The Morgan fingerprint density at radius 3 is 3.00 bits per heavy atom. The Morgan fingerprint density at radius 1 is 1.44 bits per heavy atom. The van der Waals surface area contributed by atoms with E-state index in [-0.39, 0.29) is 23.9 Å². The standard InChI is InChI=1S/C19H25N3O3/c1-13-5-3-7-16-18(13)20-12-21(19(16)25)10-8-17(24)22-9-4-6-15(22)11-14(2)23/h3,5,7,12,14-15,23H,4,6,8-11H2,1-2H3. The molecular weight excluding hydrogens is 318 g/mol. The summed E-state index contributed by atoms with van der Waals surface area (Å²) in [5.41, 5.74) is 1.57. The highest BCUT2D eigenvalue weighted by atomic mass is 16.3. The van der Waals surface area contributed by atoms with Crippen LogP contribution in [-0.2, 0) is 11.3 Å². The first-order valence-electron chi connectivity index (χ1n) is 8.89. The number of aromatic nitrogens is 2. The van der Waals surface area contributed by atoms with Crippen molar-refractivity contribution in [1.82, 2.24) is 14.5 Å². The second-order valence-electron chi connectivity index (χ2n) is 6.93. The maximum Gasteiger partial charge on any atom is 0.261 e. The van der Waals surface area contributed by atoms with E-state index >= 15 is 0 Å². The van der Waals surface area contributed by atoms with Crippen molar-refractivity contribution in [3.8, 4) is 0 Å². The normalized spacial score (nSPS) is 18.7. The summed E-state index contributed by atoms with van der Waals surface area (Å²) in [7, 11) is 0. The minimum Gasteiger partial charge on any atom is -0.393 e. The Balaban J connectivity index is 1.71. The number of carbonyl (C=O) groups is 1. The Bertz CT molecular complexity index is 828. The number of hydrogen-bond acceptors (Lipinski definition) is 4. The van der Waals surface area contributed by atoms with E-state index in [1.807, 2.05) is 24.0 Å². The van der Waals surface area contributed by atoms with Gasteiger partial charge in [-0.05, 0) is 44.7 Å². The summed E-state index contributed by atoms with van der Waals surface area (Å²) in [6.07, 6.45) is 3.92. The van der Waals surface area contributed by atoms with Crippen LogP contribution in [0.15, 0.2) is 29.3 Å². The van der Waals surface area contributed by atoms with E-state index in [0.717, 1.165) is 24.9 Å². The van der Waals surface area contributed by atoms with E-state index < -0.39 is 6.10 Å². The lowest BCUT2D eigenvalue weighted by atomic mass is 10.1. The molecule has 0 saturated carbocycles. The minimum absolute atomic E-state index is 0.0411. The van der Waals surface area contributed by atoms with E-state index in [0.29, 0.717) is 23.9 Å². The van der Waals surface area contributed by atoms with Crippen LogP contribution in [0.5, 0.6) is 0 Å². The van der Waals surface area contributed by atoms with Gasteiger partial charge in [-0.25, -0.2) is 4.98 Å². The van der Waals surface area contributed by atoms with Crippen molar-refractivity contribution < 1.29 is 9.90 Å². The molecule has 1 aliphatic rings. The van der Waals surface area contributed by atoms with E-state index in [2.05, 4.69) is 4.98 Å². The Morgan fingerprint density at radius 2 is 2.24 bits per heavy atom. The number of rotatable bonds is 5. The number of benzene rings is 1. The van der Waals surface area contributed by atoms with Gasteiger partial charge in [0.25, 0.3) is 5.56 Å². The Labute approximate surface area is 147 Å². The zero-order valence-electron chi connectivity index (χ0n) is 14.8. The summed E-state index contributed by atoms with van der Waals surface area (Å²) < 4.78 is 1.51. The minimum atomic E-state index is -0.408. The molecule has 1 aliphatic heterocycles. The zero-order chi connectivity index (χ0) is 18.0. The van der Waals surface area contributed by atoms with Gasteiger partial charge in [0.05, 0.1) is 23.3 Å². The third kappa shape index (κ3) is 3.74. The molecule has 6 nitrogen and oxygen atoms in total. The summed E-state index contributed by atoms with van der Waals surface area (Å²) >= 11 is 0. The third-order valence-electron chi connectivity index (χ3n) is 4.93. The average molecular weight is 343 g/mol. The van der Waals surface area contributed by atoms with Crippen molar-refractivity contribution >= 4 is 16.8 Å². The molecule has 1 aromatic carbocycles. The van der Waals surface area contributed by atoms with Gasteiger partial charge in [0.1, 0.15) is 0 Å². The summed E-state index contributed by atoms with van der Waals surface area (Å²) in [4.78, 5) is 31.4. The molecule has 2 heterocycles. The second-order valence-corrected chi connectivity index (χ2v) is 6.93. The van der Waals surface area contributed by atoms with Crippen molar-refractivity contribution in [3.63, 3.8) is 0 Å². The summed E-state index contributed by atoms with van der Waals surface area (Å²) in [6.45, 7) is 4.74. The third-order valence-corrected chi connectivity index (χ3v) is 4.93. The number of aliphatic hydroxyl groups excluding tert-OH is 1. The lowest BCUT2D eigenvalue weighted by Crippen LogP contribution is -2.38. The smallest absolute Gasteiger partial charge is 0.261 e. The molecule has 0 aliphatic carbocycles. The van der Waals surface area contributed by atoms with Crippen LogP contribution in [0.3, 0.4) is 0 Å². The number of carbonyl (C=O) groups excluding carboxylic acids is 1. The lowest BCUT2D eigenvalue weighted by Gasteiger charge is -2.25. The van der Waals surface area contributed by atoms with Gasteiger partial charge in [-0.15, -0.1) is 0 Å². The van der Waals surface area contributed by atoms with Gasteiger partial charge in [0.15, 0.2) is 0 Å². The molecule has 1 saturated heterocycles. The first kappa shape index (κ1) is 17.6. The number of likely N-dealkylation sites (tertiary alicyclic amines) is 1. The van der Waals surface area contributed by atoms with Crippen LogP contribution in [0.25, 0.3) is 10.9 Å². The fraction of sp³-hybridized carbons (Fsp3) is 0.526. The molecule has 134 valence electrons. The molecule has 1 N–H and O–H groups in total. The highest BCUT2D eigenvalue weighted by Gasteiger charge is 2.29. The van der Waals surface area contributed by atoms with Crippen molar-refractivity contribution in [3.05, 3.63) is 40.4 Å². The molecule has 6 heteroatoms. The molecule has 2 atom stereocenters. The first-order valence-corrected chi connectivity index (χ1v) is 8.89. The van der Waals surface area contributed by atoms with Gasteiger partial charge in [0, 0.05) is 25.6 Å². The van der Waals surface area contributed by atoms with Crippen LogP contribution in [0.2, 0.25) is 0 Å². The molecule has 0 bridgehead atoms. The number of fused-ring (bicyclic) bond motifs is 1. The molecule has 1 amide bonds. The highest BCUT2D eigenvalue weighted by Crippen LogP contribution is 2.22. The quantitative estimate of drug-likeness (QED) is 0.899. The van der Waals surface area contributed by atoms with Crippen molar-refractivity contribution in [2.24, 2.45) is 0 Å². The van der Waals surface area contributed by atoms with Gasteiger partial charge in [0.2, 0.25) is 5.91 Å². The van der Waals surface area contributed by atoms with Crippen molar-refractivity contribution in [2.45, 2.75) is 58.2 Å². The van der Waals surface area contributed by atoms with Gasteiger partial charge in [-0.2, -0.15) is 0 Å². The van der Waals surface area contributed by atoms with E-state index in [1.165, 1.54) is 10.9 Å². The van der Waals surface area contributed by atoms with E-state index in [9.17, 15) is 14.7 Å². The topological polar surface area (TPSA) is 75.4 Å². The van der Waals surface area contributed by atoms with Crippen LogP contribution >= 0.6 is 0 Å². The SMILES string of the molecule is Cc1cccc2c(=O)n(CCC(=O)N3CCCC3CC(C)O)cnc12. The average Bonchev–Trinajstić information content (AvgIpc) is 3.02. The fourth-order valence-electron chi connectivity index (χ4n) is 3.66. The lowest BCUT2D eigenvalue weighted by molar-refractivity contribution is -0.132. The molecule has 25 heavy (non-hydrogen) atoms. The molecule has 2 aromatic rings. The van der Waals surface area contributed by atoms with Gasteiger partial charge in [-0.1, -0.05) is 12.1 Å². The van der Waals surface area contributed by atoms with Crippen LogP contribution < -0.4 is 5.56 Å². The van der Waals surface area contributed by atoms with Crippen LogP contribution in [0, 0.1) is 6.92 Å². The van der Waals surface area contributed by atoms with Gasteiger partial charge in [-0.3, -0.25) is 14.2 Å². The van der Waals surface area contributed by atoms with Crippen LogP contribution in [-0.4, -0.2) is 44.2 Å². The molecule has 0 radical (unpaired) electrons. The maximum atomic E-state index is 12.6. The predicted molar refractivity (Wildman–Crippen MR) is 96.4 cm³/mol. The Hall–Kier alpha value is -2.21. The van der Waals surface area contributed by atoms with Gasteiger partial charge >= 0.3 is 0 Å².